The van der Waals surface area contributed by atoms with Crippen LogP contribution in [-0.4, -0.2) is 93.2 Å². The lowest BCUT2D eigenvalue weighted by atomic mass is 10.1. The number of methoxy groups -OCH3 is 2. The summed E-state index contributed by atoms with van der Waals surface area (Å²) < 4.78 is 21.8. The van der Waals surface area contributed by atoms with Crippen LogP contribution in [0.5, 0.6) is 11.5 Å². The van der Waals surface area contributed by atoms with Crippen LogP contribution in [0, 0.1) is 0 Å². The summed E-state index contributed by atoms with van der Waals surface area (Å²) >= 11 is 1.56. The average Bonchev–Trinajstić information content (AvgIpc) is 3.69. The zero-order valence-electron chi connectivity index (χ0n) is 23.4. The van der Waals surface area contributed by atoms with Crippen molar-refractivity contribution in [2.75, 3.05) is 66.7 Å². The summed E-state index contributed by atoms with van der Waals surface area (Å²) in [5.41, 5.74) is 1.02. The molecule has 0 spiro atoms. The molecule has 0 saturated carbocycles. The highest BCUT2D eigenvalue weighted by molar-refractivity contribution is 7.10. The summed E-state index contributed by atoms with van der Waals surface area (Å²) in [6.45, 7) is 5.50. The van der Waals surface area contributed by atoms with Gasteiger partial charge in [-0.1, -0.05) is 12.1 Å². The van der Waals surface area contributed by atoms with E-state index < -0.39 is 0 Å². The van der Waals surface area contributed by atoms with Crippen molar-refractivity contribution in [3.63, 3.8) is 0 Å². The van der Waals surface area contributed by atoms with Gasteiger partial charge in [-0.05, 0) is 54.1 Å². The molecule has 0 bridgehead atoms. The topological polar surface area (TPSA) is 84.7 Å². The van der Waals surface area contributed by atoms with E-state index in [9.17, 15) is 9.59 Å². The fourth-order valence-corrected chi connectivity index (χ4v) is 5.42. The summed E-state index contributed by atoms with van der Waals surface area (Å²) in [6.07, 6.45) is 3.32. The second kappa shape index (κ2) is 15.4. The Balaban J connectivity index is 1.43. The Morgan fingerprint density at radius 1 is 0.975 bits per heavy atom. The molecule has 2 aromatic heterocycles. The molecule has 40 heavy (non-hydrogen) atoms. The monoisotopic (exact) mass is 569 g/mol. The van der Waals surface area contributed by atoms with Crippen LogP contribution in [0.3, 0.4) is 0 Å². The Hall–Kier alpha value is -3.34. The van der Waals surface area contributed by atoms with Gasteiger partial charge in [0.1, 0.15) is 5.76 Å². The van der Waals surface area contributed by atoms with Crippen LogP contribution in [0.4, 0.5) is 0 Å². The lowest BCUT2D eigenvalue weighted by molar-refractivity contribution is -0.140. The van der Waals surface area contributed by atoms with E-state index in [1.807, 2.05) is 47.8 Å². The molecule has 1 fully saturated rings. The van der Waals surface area contributed by atoms with Gasteiger partial charge in [0.05, 0.1) is 53.2 Å². The van der Waals surface area contributed by atoms with E-state index in [-0.39, 0.29) is 18.4 Å². The smallest absolute Gasteiger partial charge is 0.242 e. The minimum Gasteiger partial charge on any atom is -0.493 e. The molecular formula is C30H39N3O6S. The van der Waals surface area contributed by atoms with Crippen LogP contribution in [-0.2, 0) is 33.7 Å². The van der Waals surface area contributed by atoms with Crippen LogP contribution in [0.25, 0.3) is 0 Å². The second-order valence-corrected chi connectivity index (χ2v) is 10.7. The number of benzene rings is 1. The summed E-state index contributed by atoms with van der Waals surface area (Å²) in [5, 5.41) is 1.97. The van der Waals surface area contributed by atoms with Gasteiger partial charge in [-0.25, -0.2) is 0 Å². The zero-order valence-corrected chi connectivity index (χ0v) is 24.2. The third kappa shape index (κ3) is 8.84. The van der Waals surface area contributed by atoms with Gasteiger partial charge >= 0.3 is 0 Å². The molecule has 4 rings (SSSR count). The predicted molar refractivity (Wildman–Crippen MR) is 154 cm³/mol. The molecule has 0 atom stereocenters. The number of carbonyl (C=O) groups is 2. The highest BCUT2D eigenvalue weighted by Gasteiger charge is 2.23. The fourth-order valence-electron chi connectivity index (χ4n) is 4.72. The maximum absolute atomic E-state index is 13.7. The van der Waals surface area contributed by atoms with Crippen molar-refractivity contribution in [3.05, 3.63) is 70.3 Å². The van der Waals surface area contributed by atoms with Gasteiger partial charge in [-0.15, -0.1) is 11.3 Å². The standard InChI is InChI=1S/C30H39N3O6S/c1-36-27-9-8-24(20-28(27)37-2)10-13-33(22-25-6-3-16-39-25)30(35)23-32(29(34)21-26-7-4-19-40-26)12-5-11-31-14-17-38-18-15-31/h3-4,6-9,16,19-20H,5,10-15,17-18,21-23H2,1-2H3. The number of nitrogens with zero attached hydrogens (tertiary/aromatic N) is 3. The van der Waals surface area contributed by atoms with Crippen molar-refractivity contribution >= 4 is 23.2 Å². The average molecular weight is 570 g/mol. The number of rotatable bonds is 15. The minimum atomic E-state index is -0.109. The third-order valence-corrected chi connectivity index (χ3v) is 7.86. The van der Waals surface area contributed by atoms with Gasteiger partial charge in [0.25, 0.3) is 0 Å². The second-order valence-electron chi connectivity index (χ2n) is 9.71. The maximum Gasteiger partial charge on any atom is 0.242 e. The molecule has 3 heterocycles. The Labute approximate surface area is 240 Å². The van der Waals surface area contributed by atoms with Crippen LogP contribution < -0.4 is 9.47 Å². The molecule has 1 aliphatic heterocycles. The number of thiophene rings is 1. The van der Waals surface area contributed by atoms with Crippen LogP contribution in [0.1, 0.15) is 22.6 Å². The van der Waals surface area contributed by atoms with Crippen molar-refractivity contribution in [1.29, 1.82) is 0 Å². The number of furan rings is 1. The predicted octanol–water partition coefficient (Wildman–Crippen LogP) is 3.72. The van der Waals surface area contributed by atoms with Gasteiger partial charge in [0.15, 0.2) is 11.5 Å². The van der Waals surface area contributed by atoms with E-state index in [0.717, 1.165) is 49.7 Å². The molecule has 3 aromatic rings. The molecule has 0 unspecified atom stereocenters. The van der Waals surface area contributed by atoms with E-state index in [0.29, 0.717) is 49.7 Å². The lowest BCUT2D eigenvalue weighted by Crippen LogP contribution is -2.45. The van der Waals surface area contributed by atoms with E-state index in [1.165, 1.54) is 0 Å². The summed E-state index contributed by atoms with van der Waals surface area (Å²) in [7, 11) is 3.21. The number of amides is 2. The number of ether oxygens (including phenoxy) is 3. The normalized spacial score (nSPS) is 13.7. The first-order valence-electron chi connectivity index (χ1n) is 13.7. The lowest BCUT2D eigenvalue weighted by Gasteiger charge is -2.30. The summed E-state index contributed by atoms with van der Waals surface area (Å²) in [6, 6.07) is 13.3. The molecule has 1 aliphatic rings. The first-order valence-corrected chi connectivity index (χ1v) is 14.5. The van der Waals surface area contributed by atoms with Gasteiger partial charge in [-0.3, -0.25) is 14.5 Å². The Kier molecular flexibility index (Phi) is 11.4. The first kappa shape index (κ1) is 29.6. The zero-order chi connectivity index (χ0) is 28.2. The molecule has 0 radical (unpaired) electrons. The van der Waals surface area contributed by atoms with E-state index in [4.69, 9.17) is 18.6 Å². The minimum absolute atomic E-state index is 0.0277. The van der Waals surface area contributed by atoms with Crippen LogP contribution in [0.2, 0.25) is 0 Å². The molecule has 216 valence electrons. The fraction of sp³-hybridized carbons (Fsp3) is 0.467. The quantitative estimate of drug-likeness (QED) is 0.276. The first-order chi connectivity index (χ1) is 19.6. The SMILES string of the molecule is COc1ccc(CCN(Cc2ccco2)C(=O)CN(CCCN2CCOCC2)C(=O)Cc2cccs2)cc1OC. The highest BCUT2D eigenvalue weighted by atomic mass is 32.1. The van der Waals surface area contributed by atoms with E-state index >= 15 is 0 Å². The Morgan fingerprint density at radius 2 is 1.80 bits per heavy atom. The number of morpholine rings is 1. The molecule has 0 aliphatic carbocycles. The number of carbonyl (C=O) groups excluding carboxylic acids is 2. The molecule has 0 N–H and O–H groups in total. The van der Waals surface area contributed by atoms with Gasteiger partial charge in [0, 0.05) is 37.6 Å². The van der Waals surface area contributed by atoms with Crippen molar-refractivity contribution in [1.82, 2.24) is 14.7 Å². The largest absolute Gasteiger partial charge is 0.493 e. The number of hydrogen-bond donors (Lipinski definition) is 0. The third-order valence-electron chi connectivity index (χ3n) is 6.99. The maximum atomic E-state index is 13.7. The summed E-state index contributed by atoms with van der Waals surface area (Å²) in [4.78, 5) is 33.9. The molecular weight excluding hydrogens is 530 g/mol. The molecule has 2 amide bonds. The molecule has 10 heteroatoms. The van der Waals surface area contributed by atoms with Gasteiger partial charge < -0.3 is 28.4 Å². The van der Waals surface area contributed by atoms with Crippen LogP contribution in [0.15, 0.2) is 58.5 Å². The summed E-state index contributed by atoms with van der Waals surface area (Å²) in [5.74, 6) is 1.86. The Morgan fingerprint density at radius 3 is 2.50 bits per heavy atom. The van der Waals surface area contributed by atoms with Gasteiger partial charge in [-0.2, -0.15) is 0 Å². The van der Waals surface area contributed by atoms with Crippen molar-refractivity contribution in [3.8, 4) is 11.5 Å². The number of hydrogen-bond acceptors (Lipinski definition) is 8. The van der Waals surface area contributed by atoms with Crippen LogP contribution >= 0.6 is 11.3 Å². The molecule has 1 saturated heterocycles. The van der Waals surface area contributed by atoms with Crippen molar-refractivity contribution in [2.45, 2.75) is 25.8 Å². The van der Waals surface area contributed by atoms with E-state index in [1.54, 1.807) is 41.6 Å². The van der Waals surface area contributed by atoms with E-state index in [2.05, 4.69) is 4.90 Å². The molecule has 9 nitrogen and oxygen atoms in total. The van der Waals surface area contributed by atoms with Crippen molar-refractivity contribution < 1.29 is 28.2 Å². The van der Waals surface area contributed by atoms with Gasteiger partial charge in [0.2, 0.25) is 11.8 Å². The Bertz CT molecular complexity index is 1180. The van der Waals surface area contributed by atoms with Crippen molar-refractivity contribution in [2.24, 2.45) is 0 Å². The highest BCUT2D eigenvalue weighted by Crippen LogP contribution is 2.28. The molecule has 1 aromatic carbocycles.